The minimum absolute atomic E-state index is 0.101. The van der Waals surface area contributed by atoms with E-state index in [4.69, 9.17) is 0 Å². The lowest BCUT2D eigenvalue weighted by molar-refractivity contribution is 0.103. The third-order valence-corrected chi connectivity index (χ3v) is 5.00. The van der Waals surface area contributed by atoms with Crippen molar-refractivity contribution in [3.63, 3.8) is 0 Å². The van der Waals surface area contributed by atoms with Gasteiger partial charge in [0.05, 0.1) is 10.6 Å². The molecule has 2 aromatic carbocycles. The van der Waals surface area contributed by atoms with Crippen LogP contribution in [0.4, 0.5) is 5.69 Å². The Morgan fingerprint density at radius 3 is 2.75 bits per heavy atom. The fourth-order valence-electron chi connectivity index (χ4n) is 2.84. The first-order chi connectivity index (χ1) is 11.6. The molecule has 5 heteroatoms. The summed E-state index contributed by atoms with van der Waals surface area (Å²) in [5.74, 6) is -0.265. The predicted octanol–water partition coefficient (Wildman–Crippen LogP) is 4.01. The number of carbonyl (C=O) groups is 1. The molecule has 0 atom stereocenters. The van der Waals surface area contributed by atoms with E-state index in [2.05, 4.69) is 5.32 Å². The second-order valence-electron chi connectivity index (χ2n) is 5.60. The molecule has 0 fully saturated rings. The fourth-order valence-corrected chi connectivity index (χ4v) is 3.67. The van der Waals surface area contributed by atoms with Crippen LogP contribution in [0.5, 0.6) is 0 Å². The average molecular weight is 334 g/mol. The van der Waals surface area contributed by atoms with Crippen molar-refractivity contribution in [2.45, 2.75) is 0 Å². The maximum Gasteiger partial charge on any atom is 0.265 e. The lowest BCUT2D eigenvalue weighted by Crippen LogP contribution is -2.13. The normalized spacial score (nSPS) is 11.0. The molecule has 0 spiro atoms. The molecule has 0 unspecified atom stereocenters. The van der Waals surface area contributed by atoms with E-state index >= 15 is 0 Å². The van der Waals surface area contributed by atoms with Gasteiger partial charge in [0, 0.05) is 29.5 Å². The molecule has 0 saturated heterocycles. The Morgan fingerprint density at radius 1 is 1.04 bits per heavy atom. The number of benzene rings is 2. The minimum Gasteiger partial charge on any atom is -0.350 e. The van der Waals surface area contributed by atoms with E-state index in [0.29, 0.717) is 10.3 Å². The number of nitrogens with one attached hydrogen (secondary N) is 1. The number of hydrogen-bond acceptors (Lipinski definition) is 3. The van der Waals surface area contributed by atoms with Gasteiger partial charge in [-0.25, -0.2) is 0 Å². The number of fused-ring (bicyclic) bond motifs is 2. The van der Waals surface area contributed by atoms with E-state index in [-0.39, 0.29) is 10.6 Å². The first-order valence-electron chi connectivity index (χ1n) is 7.52. The topological polar surface area (TPSA) is 51.1 Å². The number of nitrogens with zero attached hydrogens (tertiary/aromatic N) is 1. The van der Waals surface area contributed by atoms with Gasteiger partial charge in [-0.3, -0.25) is 9.59 Å². The molecule has 1 amide bonds. The summed E-state index contributed by atoms with van der Waals surface area (Å²) in [6.07, 6.45) is 1.95. The molecule has 0 saturated carbocycles. The number of anilines is 1. The van der Waals surface area contributed by atoms with Gasteiger partial charge in [0.15, 0.2) is 0 Å². The van der Waals surface area contributed by atoms with E-state index in [9.17, 15) is 9.59 Å². The average Bonchev–Trinajstić information content (AvgIpc) is 2.97. The smallest absolute Gasteiger partial charge is 0.265 e. The van der Waals surface area contributed by atoms with Crippen molar-refractivity contribution in [1.82, 2.24) is 4.57 Å². The van der Waals surface area contributed by atoms with E-state index in [0.717, 1.165) is 33.3 Å². The highest BCUT2D eigenvalue weighted by Crippen LogP contribution is 2.25. The molecule has 0 bridgehead atoms. The number of carbonyl (C=O) groups excluding carboxylic acids is 1. The Labute approximate surface area is 142 Å². The van der Waals surface area contributed by atoms with Crippen LogP contribution in [0.15, 0.2) is 65.6 Å². The lowest BCUT2D eigenvalue weighted by Gasteiger charge is -2.07. The van der Waals surface area contributed by atoms with Crippen LogP contribution in [0.25, 0.3) is 21.7 Å². The van der Waals surface area contributed by atoms with Crippen molar-refractivity contribution < 1.29 is 4.79 Å². The first kappa shape index (κ1) is 14.7. The Hall–Kier alpha value is -2.92. The number of aromatic nitrogens is 1. The number of amides is 1. The van der Waals surface area contributed by atoms with Gasteiger partial charge in [-0.2, -0.15) is 0 Å². The molecule has 4 nitrogen and oxygen atoms in total. The SMILES string of the molecule is Cn1ccc2c(NC(=O)c3cc4ccccc4c(=O)s3)cccc21. The number of rotatable bonds is 2. The zero-order valence-corrected chi connectivity index (χ0v) is 13.8. The fraction of sp³-hybridized carbons (Fsp3) is 0.0526. The molecule has 2 aromatic heterocycles. The molecule has 4 aromatic rings. The van der Waals surface area contributed by atoms with Gasteiger partial charge in [-0.1, -0.05) is 35.6 Å². The quantitative estimate of drug-likeness (QED) is 0.602. The second kappa shape index (κ2) is 5.62. The van der Waals surface area contributed by atoms with Crippen molar-refractivity contribution in [2.24, 2.45) is 7.05 Å². The van der Waals surface area contributed by atoms with Crippen LogP contribution in [0, 0.1) is 0 Å². The van der Waals surface area contributed by atoms with Crippen molar-refractivity contribution in [2.75, 3.05) is 5.32 Å². The predicted molar refractivity (Wildman–Crippen MR) is 99.0 cm³/mol. The summed E-state index contributed by atoms with van der Waals surface area (Å²) in [7, 11) is 1.96. The van der Waals surface area contributed by atoms with Crippen LogP contribution >= 0.6 is 11.3 Å². The third kappa shape index (κ3) is 2.39. The van der Waals surface area contributed by atoms with Crippen LogP contribution in [0.1, 0.15) is 9.67 Å². The molecule has 0 aliphatic rings. The molecular formula is C19H14N2O2S. The highest BCUT2D eigenvalue weighted by atomic mass is 32.1. The number of hydrogen-bond donors (Lipinski definition) is 1. The molecule has 0 aliphatic heterocycles. The van der Waals surface area contributed by atoms with Gasteiger partial charge in [0.2, 0.25) is 4.74 Å². The van der Waals surface area contributed by atoms with Gasteiger partial charge in [-0.05, 0) is 35.7 Å². The summed E-state index contributed by atoms with van der Waals surface area (Å²) in [4.78, 5) is 25.2. The zero-order valence-electron chi connectivity index (χ0n) is 12.9. The largest absolute Gasteiger partial charge is 0.350 e. The molecule has 118 valence electrons. The monoisotopic (exact) mass is 334 g/mol. The molecular weight excluding hydrogens is 320 g/mol. The van der Waals surface area contributed by atoms with Gasteiger partial charge in [-0.15, -0.1) is 0 Å². The molecule has 24 heavy (non-hydrogen) atoms. The summed E-state index contributed by atoms with van der Waals surface area (Å²) in [6, 6.07) is 16.8. The van der Waals surface area contributed by atoms with Crippen LogP contribution in [0.3, 0.4) is 0 Å². The summed E-state index contributed by atoms with van der Waals surface area (Å²) in [5, 5.41) is 5.32. The van der Waals surface area contributed by atoms with Crippen LogP contribution in [-0.4, -0.2) is 10.5 Å². The summed E-state index contributed by atoms with van der Waals surface area (Å²) >= 11 is 0.972. The maximum atomic E-state index is 12.6. The summed E-state index contributed by atoms with van der Waals surface area (Å²) in [5.41, 5.74) is 1.78. The highest BCUT2D eigenvalue weighted by molar-refractivity contribution is 7.12. The molecule has 2 heterocycles. The summed E-state index contributed by atoms with van der Waals surface area (Å²) in [6.45, 7) is 0. The summed E-state index contributed by atoms with van der Waals surface area (Å²) < 4.78 is 1.90. The number of aryl methyl sites for hydroxylation is 1. The van der Waals surface area contributed by atoms with E-state index in [1.54, 1.807) is 12.1 Å². The Kier molecular flexibility index (Phi) is 3.43. The molecule has 0 radical (unpaired) electrons. The second-order valence-corrected chi connectivity index (χ2v) is 6.62. The Balaban J connectivity index is 1.75. The van der Waals surface area contributed by atoms with E-state index in [1.807, 2.05) is 60.3 Å². The maximum absolute atomic E-state index is 12.6. The van der Waals surface area contributed by atoms with Gasteiger partial charge in [0.1, 0.15) is 0 Å². The van der Waals surface area contributed by atoms with Crippen molar-refractivity contribution in [3.05, 3.63) is 75.2 Å². The zero-order chi connectivity index (χ0) is 16.7. The van der Waals surface area contributed by atoms with Gasteiger partial charge >= 0.3 is 0 Å². The third-order valence-electron chi connectivity index (χ3n) is 4.07. The highest BCUT2D eigenvalue weighted by Gasteiger charge is 2.12. The minimum atomic E-state index is -0.265. The lowest BCUT2D eigenvalue weighted by atomic mass is 10.2. The van der Waals surface area contributed by atoms with Gasteiger partial charge in [0.25, 0.3) is 5.91 Å². The van der Waals surface area contributed by atoms with Gasteiger partial charge < -0.3 is 9.88 Å². The standard InChI is InChI=1S/C19H14N2O2S/c1-21-10-9-14-15(7-4-8-16(14)21)20-18(22)17-11-12-5-2-3-6-13(12)19(23)24-17/h2-11H,1H3,(H,20,22). The molecule has 1 N–H and O–H groups in total. The van der Waals surface area contributed by atoms with Crippen molar-refractivity contribution in [1.29, 1.82) is 0 Å². The van der Waals surface area contributed by atoms with Crippen LogP contribution in [-0.2, 0) is 7.05 Å². The van der Waals surface area contributed by atoms with Crippen molar-refractivity contribution in [3.8, 4) is 0 Å². The van der Waals surface area contributed by atoms with E-state index in [1.165, 1.54) is 0 Å². The Morgan fingerprint density at radius 2 is 1.88 bits per heavy atom. The van der Waals surface area contributed by atoms with Crippen molar-refractivity contribution >= 4 is 44.6 Å². The molecule has 0 aliphatic carbocycles. The Bertz CT molecular complexity index is 1140. The van der Waals surface area contributed by atoms with Crippen LogP contribution in [0.2, 0.25) is 0 Å². The molecule has 4 rings (SSSR count). The van der Waals surface area contributed by atoms with E-state index < -0.39 is 0 Å². The van der Waals surface area contributed by atoms with Crippen LogP contribution < -0.4 is 10.1 Å². The first-order valence-corrected chi connectivity index (χ1v) is 8.33.